The molecule has 0 radical (unpaired) electrons. The lowest BCUT2D eigenvalue weighted by Crippen LogP contribution is -2.32. The lowest BCUT2D eigenvalue weighted by Gasteiger charge is -2.14. The Bertz CT molecular complexity index is 407. The molecule has 0 spiro atoms. The largest absolute Gasteiger partial charge is 0.491 e. The van der Waals surface area contributed by atoms with E-state index < -0.39 is 6.10 Å². The lowest BCUT2D eigenvalue weighted by molar-refractivity contribution is 0.107. The predicted octanol–water partition coefficient (Wildman–Crippen LogP) is 2.39. The van der Waals surface area contributed by atoms with Crippen LogP contribution in [0.2, 0.25) is 0 Å². The monoisotopic (exact) mass is 269 g/mol. The number of aliphatic hydroxyl groups excluding tert-OH is 1. The molecule has 4 heteroatoms. The van der Waals surface area contributed by atoms with Crippen LogP contribution in [0, 0.1) is 13.8 Å². The summed E-state index contributed by atoms with van der Waals surface area (Å²) in [5.74, 6) is 0.807. The van der Waals surface area contributed by atoms with Crippen molar-refractivity contribution in [2.45, 2.75) is 20.0 Å². The van der Waals surface area contributed by atoms with E-state index in [-0.39, 0.29) is 6.61 Å². The zero-order valence-corrected chi connectivity index (χ0v) is 11.6. The maximum atomic E-state index is 9.71. The van der Waals surface area contributed by atoms with Gasteiger partial charge >= 0.3 is 0 Å². The Morgan fingerprint density at radius 1 is 1.50 bits per heavy atom. The minimum Gasteiger partial charge on any atom is -0.491 e. The zero-order chi connectivity index (χ0) is 13.5. The Balaban J connectivity index is 2.33. The standard InChI is InChI=1S/C14H20ClNO2/c1-10-4-5-14(11(2)6-10)18-9-13(17)8-16-7-12(3)15/h4-6,13,16-17H,3,7-9H2,1-2H3. The average Bonchev–Trinajstić information content (AvgIpc) is 2.27. The predicted molar refractivity (Wildman–Crippen MR) is 75.3 cm³/mol. The molecule has 18 heavy (non-hydrogen) atoms. The summed E-state index contributed by atoms with van der Waals surface area (Å²) < 4.78 is 5.57. The summed E-state index contributed by atoms with van der Waals surface area (Å²) >= 11 is 5.60. The van der Waals surface area contributed by atoms with Crippen LogP contribution in [0.15, 0.2) is 29.8 Å². The summed E-state index contributed by atoms with van der Waals surface area (Å²) in [6.07, 6.45) is -0.568. The van der Waals surface area contributed by atoms with Crippen LogP contribution in [0.25, 0.3) is 0 Å². The summed E-state index contributed by atoms with van der Waals surface area (Å²) in [5, 5.41) is 13.2. The molecule has 1 rings (SSSR count). The van der Waals surface area contributed by atoms with Gasteiger partial charge in [-0.2, -0.15) is 0 Å². The van der Waals surface area contributed by atoms with Gasteiger partial charge in [-0.05, 0) is 25.5 Å². The number of hydrogen-bond acceptors (Lipinski definition) is 3. The third kappa shape index (κ3) is 5.54. The van der Waals surface area contributed by atoms with Crippen LogP contribution < -0.4 is 10.1 Å². The third-order valence-corrected chi connectivity index (χ3v) is 2.59. The van der Waals surface area contributed by atoms with Crippen LogP contribution in [0.5, 0.6) is 5.75 Å². The van der Waals surface area contributed by atoms with Crippen molar-refractivity contribution in [3.63, 3.8) is 0 Å². The van der Waals surface area contributed by atoms with Crippen molar-refractivity contribution in [1.82, 2.24) is 5.32 Å². The molecule has 0 aliphatic rings. The van der Waals surface area contributed by atoms with Gasteiger partial charge in [0.1, 0.15) is 18.5 Å². The molecular weight excluding hydrogens is 250 g/mol. The minimum atomic E-state index is -0.568. The van der Waals surface area contributed by atoms with Gasteiger partial charge < -0.3 is 15.2 Å². The van der Waals surface area contributed by atoms with Gasteiger partial charge in [-0.25, -0.2) is 0 Å². The maximum absolute atomic E-state index is 9.71. The highest BCUT2D eigenvalue weighted by molar-refractivity contribution is 6.29. The Morgan fingerprint density at radius 3 is 2.83 bits per heavy atom. The summed E-state index contributed by atoms with van der Waals surface area (Å²) in [4.78, 5) is 0. The minimum absolute atomic E-state index is 0.256. The van der Waals surface area contributed by atoms with Crippen molar-refractivity contribution < 1.29 is 9.84 Å². The highest BCUT2D eigenvalue weighted by Gasteiger charge is 2.06. The van der Waals surface area contributed by atoms with Crippen LogP contribution in [-0.2, 0) is 0 Å². The second-order valence-corrected chi connectivity index (χ2v) is 4.92. The molecule has 3 nitrogen and oxygen atoms in total. The van der Waals surface area contributed by atoms with E-state index in [0.717, 1.165) is 11.3 Å². The zero-order valence-electron chi connectivity index (χ0n) is 10.9. The van der Waals surface area contributed by atoms with Gasteiger partial charge in [-0.15, -0.1) is 0 Å². The number of aryl methyl sites for hydroxylation is 2. The number of nitrogens with one attached hydrogen (secondary N) is 1. The van der Waals surface area contributed by atoms with Gasteiger partial charge in [-0.3, -0.25) is 0 Å². The molecule has 1 aromatic rings. The van der Waals surface area contributed by atoms with E-state index in [1.807, 2.05) is 26.0 Å². The average molecular weight is 270 g/mol. The maximum Gasteiger partial charge on any atom is 0.122 e. The summed E-state index contributed by atoms with van der Waals surface area (Å²) in [7, 11) is 0. The van der Waals surface area contributed by atoms with E-state index in [1.165, 1.54) is 5.56 Å². The van der Waals surface area contributed by atoms with Gasteiger partial charge in [0, 0.05) is 18.1 Å². The van der Waals surface area contributed by atoms with Crippen LogP contribution in [0.4, 0.5) is 0 Å². The van der Waals surface area contributed by atoms with Crippen molar-refractivity contribution in [3.05, 3.63) is 40.9 Å². The van der Waals surface area contributed by atoms with Gasteiger partial charge in [0.15, 0.2) is 0 Å². The Labute approximate surface area is 113 Å². The van der Waals surface area contributed by atoms with Crippen molar-refractivity contribution in [1.29, 1.82) is 0 Å². The van der Waals surface area contributed by atoms with Gasteiger partial charge in [0.05, 0.1) is 0 Å². The van der Waals surface area contributed by atoms with Crippen LogP contribution in [0.1, 0.15) is 11.1 Å². The second kappa shape index (κ2) is 7.41. The molecule has 0 saturated carbocycles. The second-order valence-electron chi connectivity index (χ2n) is 4.38. The van der Waals surface area contributed by atoms with Crippen LogP contribution in [-0.4, -0.2) is 30.9 Å². The number of ether oxygens (including phenoxy) is 1. The summed E-state index contributed by atoms with van der Waals surface area (Å²) in [6.45, 7) is 8.75. The number of halogens is 1. The molecule has 2 N–H and O–H groups in total. The third-order valence-electron chi connectivity index (χ3n) is 2.46. The molecule has 0 aliphatic carbocycles. The van der Waals surface area contributed by atoms with E-state index in [1.54, 1.807) is 0 Å². The first-order chi connectivity index (χ1) is 8.49. The van der Waals surface area contributed by atoms with Crippen LogP contribution in [0.3, 0.4) is 0 Å². The first-order valence-corrected chi connectivity index (χ1v) is 6.29. The number of benzene rings is 1. The molecular formula is C14H20ClNO2. The van der Waals surface area contributed by atoms with E-state index >= 15 is 0 Å². The number of rotatable bonds is 7. The molecule has 0 fully saturated rings. The molecule has 0 bridgehead atoms. The Kier molecular flexibility index (Phi) is 6.19. The van der Waals surface area contributed by atoms with E-state index in [4.69, 9.17) is 16.3 Å². The molecule has 100 valence electrons. The first kappa shape index (κ1) is 15.0. The van der Waals surface area contributed by atoms with E-state index in [0.29, 0.717) is 18.1 Å². The van der Waals surface area contributed by atoms with Crippen molar-refractivity contribution >= 4 is 11.6 Å². The molecule has 0 saturated heterocycles. The van der Waals surface area contributed by atoms with Gasteiger partial charge in [-0.1, -0.05) is 35.9 Å². The fourth-order valence-electron chi connectivity index (χ4n) is 1.58. The first-order valence-electron chi connectivity index (χ1n) is 5.91. The van der Waals surface area contributed by atoms with Crippen LogP contribution >= 0.6 is 11.6 Å². The molecule has 0 amide bonds. The van der Waals surface area contributed by atoms with E-state index in [2.05, 4.69) is 18.0 Å². The highest BCUT2D eigenvalue weighted by Crippen LogP contribution is 2.18. The number of aliphatic hydroxyl groups is 1. The molecule has 0 aliphatic heterocycles. The summed E-state index contributed by atoms with van der Waals surface area (Å²) in [6, 6.07) is 5.97. The van der Waals surface area contributed by atoms with Crippen molar-refractivity contribution in [2.75, 3.05) is 19.7 Å². The smallest absolute Gasteiger partial charge is 0.122 e. The fourth-order valence-corrected chi connectivity index (χ4v) is 1.68. The van der Waals surface area contributed by atoms with Gasteiger partial charge in [0.2, 0.25) is 0 Å². The molecule has 0 aromatic heterocycles. The quantitative estimate of drug-likeness (QED) is 0.799. The molecule has 1 unspecified atom stereocenters. The summed E-state index contributed by atoms with van der Waals surface area (Å²) in [5.41, 5.74) is 2.27. The normalized spacial score (nSPS) is 12.2. The SMILES string of the molecule is C=C(Cl)CNCC(O)COc1ccc(C)cc1C. The molecule has 1 atom stereocenters. The molecule has 1 aromatic carbocycles. The van der Waals surface area contributed by atoms with Crippen molar-refractivity contribution in [2.24, 2.45) is 0 Å². The topological polar surface area (TPSA) is 41.5 Å². The number of hydrogen-bond donors (Lipinski definition) is 2. The highest BCUT2D eigenvalue weighted by atomic mass is 35.5. The Morgan fingerprint density at radius 2 is 2.22 bits per heavy atom. The van der Waals surface area contributed by atoms with Gasteiger partial charge in [0.25, 0.3) is 0 Å². The van der Waals surface area contributed by atoms with Crippen molar-refractivity contribution in [3.8, 4) is 5.75 Å². The fraction of sp³-hybridized carbons (Fsp3) is 0.429. The molecule has 0 heterocycles. The lowest BCUT2D eigenvalue weighted by atomic mass is 10.1. The Hall–Kier alpha value is -1.03. The van der Waals surface area contributed by atoms with E-state index in [9.17, 15) is 5.11 Å².